The van der Waals surface area contributed by atoms with E-state index in [1.807, 2.05) is 24.8 Å². The molecule has 0 saturated carbocycles. The third kappa shape index (κ3) is 4.61. The molecular formula is C20H23N3O4. The summed E-state index contributed by atoms with van der Waals surface area (Å²) in [6.07, 6.45) is 1.52. The SMILES string of the molecule is COC(=O)c1ccc(C(=O)N2CCC(Oc3cc(C)nc(C)n3)CC2)cc1. The minimum Gasteiger partial charge on any atom is -0.474 e. The maximum absolute atomic E-state index is 12.7. The number of esters is 1. The van der Waals surface area contributed by atoms with Gasteiger partial charge in [-0.3, -0.25) is 4.79 Å². The molecule has 0 aliphatic carbocycles. The summed E-state index contributed by atoms with van der Waals surface area (Å²) in [5.41, 5.74) is 1.86. The second-order valence-corrected chi connectivity index (χ2v) is 6.57. The van der Waals surface area contributed by atoms with Gasteiger partial charge in [-0.1, -0.05) is 0 Å². The van der Waals surface area contributed by atoms with E-state index < -0.39 is 5.97 Å². The van der Waals surface area contributed by atoms with Gasteiger partial charge in [0.25, 0.3) is 5.91 Å². The van der Waals surface area contributed by atoms with Crippen molar-refractivity contribution in [3.8, 4) is 5.88 Å². The van der Waals surface area contributed by atoms with Crippen molar-refractivity contribution in [2.45, 2.75) is 32.8 Å². The Hall–Kier alpha value is -2.96. The Balaban J connectivity index is 1.56. The largest absolute Gasteiger partial charge is 0.474 e. The fraction of sp³-hybridized carbons (Fsp3) is 0.400. The lowest BCUT2D eigenvalue weighted by Gasteiger charge is -2.32. The quantitative estimate of drug-likeness (QED) is 0.771. The third-order valence-electron chi connectivity index (χ3n) is 4.51. The van der Waals surface area contributed by atoms with Crippen LogP contribution in [0.1, 0.15) is 45.1 Å². The molecule has 0 spiro atoms. The zero-order valence-corrected chi connectivity index (χ0v) is 15.8. The molecule has 7 nitrogen and oxygen atoms in total. The Morgan fingerprint density at radius 2 is 1.67 bits per heavy atom. The van der Waals surface area contributed by atoms with Crippen molar-refractivity contribution < 1.29 is 19.1 Å². The fourth-order valence-corrected chi connectivity index (χ4v) is 3.14. The number of carbonyl (C=O) groups is 2. The summed E-state index contributed by atoms with van der Waals surface area (Å²) >= 11 is 0. The molecule has 1 saturated heterocycles. The zero-order chi connectivity index (χ0) is 19.4. The van der Waals surface area contributed by atoms with Crippen LogP contribution in [0.15, 0.2) is 30.3 Å². The first-order chi connectivity index (χ1) is 13.0. The molecule has 7 heteroatoms. The zero-order valence-electron chi connectivity index (χ0n) is 15.8. The smallest absolute Gasteiger partial charge is 0.337 e. The fourth-order valence-electron chi connectivity index (χ4n) is 3.14. The van der Waals surface area contributed by atoms with Gasteiger partial charge in [-0.15, -0.1) is 0 Å². The number of aryl methyl sites for hydroxylation is 2. The van der Waals surface area contributed by atoms with Gasteiger partial charge in [-0.05, 0) is 38.1 Å². The Labute approximate surface area is 158 Å². The number of likely N-dealkylation sites (tertiary alicyclic amines) is 1. The molecular weight excluding hydrogens is 346 g/mol. The van der Waals surface area contributed by atoms with E-state index in [4.69, 9.17) is 4.74 Å². The van der Waals surface area contributed by atoms with Gasteiger partial charge in [-0.2, -0.15) is 4.98 Å². The average Bonchev–Trinajstić information content (AvgIpc) is 2.67. The maximum atomic E-state index is 12.7. The molecule has 1 aliphatic rings. The highest BCUT2D eigenvalue weighted by molar-refractivity contribution is 5.96. The van der Waals surface area contributed by atoms with Gasteiger partial charge >= 0.3 is 5.97 Å². The standard InChI is InChI=1S/C20H23N3O4/c1-13-12-18(22-14(2)21-13)27-17-8-10-23(11-9-17)19(24)15-4-6-16(7-5-15)20(25)26-3/h4-7,12,17H,8-11H2,1-3H3. The van der Waals surface area contributed by atoms with Crippen molar-refractivity contribution in [1.29, 1.82) is 0 Å². The van der Waals surface area contributed by atoms with Crippen molar-refractivity contribution in [3.63, 3.8) is 0 Å². The second-order valence-electron chi connectivity index (χ2n) is 6.57. The number of aromatic nitrogens is 2. The summed E-state index contributed by atoms with van der Waals surface area (Å²) in [6, 6.07) is 8.35. The van der Waals surface area contributed by atoms with Crippen molar-refractivity contribution in [2.75, 3.05) is 20.2 Å². The molecule has 2 aromatic rings. The van der Waals surface area contributed by atoms with Crippen molar-refractivity contribution in [3.05, 3.63) is 53.0 Å². The van der Waals surface area contributed by atoms with Crippen LogP contribution in [0.5, 0.6) is 5.88 Å². The Morgan fingerprint density at radius 1 is 1.04 bits per heavy atom. The van der Waals surface area contributed by atoms with E-state index in [2.05, 4.69) is 14.7 Å². The van der Waals surface area contributed by atoms with Crippen LogP contribution in [0.4, 0.5) is 0 Å². The van der Waals surface area contributed by atoms with Crippen LogP contribution in [0, 0.1) is 13.8 Å². The van der Waals surface area contributed by atoms with E-state index in [9.17, 15) is 9.59 Å². The molecule has 0 N–H and O–H groups in total. The van der Waals surface area contributed by atoms with Crippen LogP contribution in [-0.4, -0.2) is 53.0 Å². The summed E-state index contributed by atoms with van der Waals surface area (Å²) < 4.78 is 10.6. The Bertz CT molecular complexity index is 807. The van der Waals surface area contributed by atoms with E-state index >= 15 is 0 Å². The van der Waals surface area contributed by atoms with Gasteiger partial charge in [0.2, 0.25) is 5.88 Å². The van der Waals surface area contributed by atoms with E-state index in [1.54, 1.807) is 24.3 Å². The molecule has 1 fully saturated rings. The number of methoxy groups -OCH3 is 1. The lowest BCUT2D eigenvalue weighted by atomic mass is 10.1. The monoisotopic (exact) mass is 369 g/mol. The van der Waals surface area contributed by atoms with E-state index in [-0.39, 0.29) is 12.0 Å². The lowest BCUT2D eigenvalue weighted by Crippen LogP contribution is -2.41. The van der Waals surface area contributed by atoms with Gasteiger partial charge in [-0.25, -0.2) is 9.78 Å². The van der Waals surface area contributed by atoms with Crippen molar-refractivity contribution in [1.82, 2.24) is 14.9 Å². The number of piperidine rings is 1. The molecule has 1 aliphatic heterocycles. The predicted molar refractivity (Wildman–Crippen MR) is 98.8 cm³/mol. The summed E-state index contributed by atoms with van der Waals surface area (Å²) in [5.74, 6) is 0.817. The molecule has 0 radical (unpaired) electrons. The topological polar surface area (TPSA) is 81.6 Å². The molecule has 1 aromatic carbocycles. The van der Waals surface area contributed by atoms with Gasteiger partial charge < -0.3 is 14.4 Å². The van der Waals surface area contributed by atoms with Crippen LogP contribution in [0.2, 0.25) is 0 Å². The van der Waals surface area contributed by atoms with Crippen LogP contribution < -0.4 is 4.74 Å². The molecule has 1 amide bonds. The normalized spacial score (nSPS) is 14.7. The van der Waals surface area contributed by atoms with E-state index in [0.717, 1.165) is 18.5 Å². The number of amides is 1. The summed E-state index contributed by atoms with van der Waals surface area (Å²) in [5, 5.41) is 0. The Morgan fingerprint density at radius 3 is 2.26 bits per heavy atom. The highest BCUT2D eigenvalue weighted by atomic mass is 16.5. The van der Waals surface area contributed by atoms with Gasteiger partial charge in [0.05, 0.1) is 12.7 Å². The first-order valence-electron chi connectivity index (χ1n) is 8.93. The number of hydrogen-bond acceptors (Lipinski definition) is 6. The van der Waals surface area contributed by atoms with E-state index in [1.165, 1.54) is 7.11 Å². The highest BCUT2D eigenvalue weighted by Gasteiger charge is 2.25. The molecule has 142 valence electrons. The number of hydrogen-bond donors (Lipinski definition) is 0. The molecule has 0 bridgehead atoms. The summed E-state index contributed by atoms with van der Waals surface area (Å²) in [6.45, 7) is 4.98. The van der Waals surface area contributed by atoms with Crippen LogP contribution in [0.3, 0.4) is 0 Å². The first kappa shape index (κ1) is 18.8. The third-order valence-corrected chi connectivity index (χ3v) is 4.51. The van der Waals surface area contributed by atoms with Crippen LogP contribution in [-0.2, 0) is 4.74 Å². The number of rotatable bonds is 4. The van der Waals surface area contributed by atoms with Crippen molar-refractivity contribution >= 4 is 11.9 Å². The Kier molecular flexibility index (Phi) is 5.69. The van der Waals surface area contributed by atoms with Crippen molar-refractivity contribution in [2.24, 2.45) is 0 Å². The number of benzene rings is 1. The maximum Gasteiger partial charge on any atom is 0.337 e. The first-order valence-corrected chi connectivity index (χ1v) is 8.93. The predicted octanol–water partition coefficient (Wildman–Crippen LogP) is 2.56. The molecule has 3 rings (SSSR count). The molecule has 0 unspecified atom stereocenters. The summed E-state index contributed by atoms with van der Waals surface area (Å²) in [4.78, 5) is 34.5. The van der Waals surface area contributed by atoms with Gasteiger partial charge in [0.15, 0.2) is 0 Å². The number of carbonyl (C=O) groups excluding carboxylic acids is 2. The minimum absolute atomic E-state index is 0.0319. The highest BCUT2D eigenvalue weighted by Crippen LogP contribution is 2.20. The number of ether oxygens (including phenoxy) is 2. The van der Waals surface area contributed by atoms with Gasteiger partial charge in [0, 0.05) is 43.3 Å². The molecule has 2 heterocycles. The van der Waals surface area contributed by atoms with E-state index in [0.29, 0.717) is 35.9 Å². The molecule has 1 aromatic heterocycles. The summed E-state index contributed by atoms with van der Waals surface area (Å²) in [7, 11) is 1.33. The lowest BCUT2D eigenvalue weighted by molar-refractivity contribution is 0.0579. The van der Waals surface area contributed by atoms with Crippen LogP contribution >= 0.6 is 0 Å². The molecule has 27 heavy (non-hydrogen) atoms. The van der Waals surface area contributed by atoms with Crippen LogP contribution in [0.25, 0.3) is 0 Å². The average molecular weight is 369 g/mol. The second kappa shape index (κ2) is 8.16. The minimum atomic E-state index is -0.415. The number of nitrogens with zero attached hydrogens (tertiary/aromatic N) is 3. The molecule has 0 atom stereocenters. The van der Waals surface area contributed by atoms with Gasteiger partial charge in [0.1, 0.15) is 11.9 Å².